The lowest BCUT2D eigenvalue weighted by Gasteiger charge is -2.07. The Morgan fingerprint density at radius 3 is 2.90 bits per heavy atom. The molecule has 0 spiro atoms. The molecule has 0 saturated heterocycles. The zero-order chi connectivity index (χ0) is 14.1. The van der Waals surface area contributed by atoms with E-state index in [0.717, 1.165) is 10.2 Å². The number of nitrogens with zero attached hydrogens (tertiary/aromatic N) is 2. The van der Waals surface area contributed by atoms with E-state index in [9.17, 15) is 4.79 Å². The maximum absolute atomic E-state index is 11.0. The fraction of sp³-hybridized carbons (Fsp3) is 0.0714. The molecule has 0 saturated carbocycles. The van der Waals surface area contributed by atoms with Crippen molar-refractivity contribution in [2.45, 2.75) is 6.92 Å². The molecule has 3 aromatic rings. The fourth-order valence-electron chi connectivity index (χ4n) is 1.90. The first kappa shape index (κ1) is 12.6. The monoisotopic (exact) mass is 286 g/mol. The van der Waals surface area contributed by atoms with Gasteiger partial charge in [0.1, 0.15) is 16.9 Å². The lowest BCUT2D eigenvalue weighted by molar-refractivity contribution is 0.0696. The van der Waals surface area contributed by atoms with Gasteiger partial charge in [0.25, 0.3) is 0 Å². The highest BCUT2D eigenvalue weighted by atomic mass is 32.1. The number of benzene rings is 1. The van der Waals surface area contributed by atoms with Gasteiger partial charge in [-0.3, -0.25) is 0 Å². The van der Waals surface area contributed by atoms with Gasteiger partial charge < -0.3 is 9.84 Å². The molecule has 2 heterocycles. The van der Waals surface area contributed by atoms with Gasteiger partial charge in [0.2, 0.25) is 5.88 Å². The minimum Gasteiger partial charge on any atom is -0.478 e. The number of rotatable bonds is 3. The van der Waals surface area contributed by atoms with Gasteiger partial charge in [-0.1, -0.05) is 0 Å². The Morgan fingerprint density at radius 2 is 2.15 bits per heavy atom. The Hall–Kier alpha value is -2.47. The first-order valence-corrected chi connectivity index (χ1v) is 6.73. The van der Waals surface area contributed by atoms with E-state index in [0.29, 0.717) is 17.2 Å². The van der Waals surface area contributed by atoms with Crippen molar-refractivity contribution in [3.63, 3.8) is 0 Å². The molecule has 1 N–H and O–H groups in total. The summed E-state index contributed by atoms with van der Waals surface area (Å²) in [5.74, 6) is 0.0775. The first-order valence-electron chi connectivity index (χ1n) is 5.85. The van der Waals surface area contributed by atoms with Crippen molar-refractivity contribution in [3.05, 3.63) is 47.1 Å². The molecule has 0 aliphatic rings. The molecule has 1 aromatic carbocycles. The van der Waals surface area contributed by atoms with E-state index in [2.05, 4.69) is 9.97 Å². The van der Waals surface area contributed by atoms with Crippen LogP contribution in [0.5, 0.6) is 11.6 Å². The summed E-state index contributed by atoms with van der Waals surface area (Å²) in [6.07, 6.45) is 1.45. The molecule has 0 aliphatic carbocycles. The Balaban J connectivity index is 1.97. The maximum Gasteiger partial charge on any atom is 0.335 e. The summed E-state index contributed by atoms with van der Waals surface area (Å²) in [7, 11) is 0. The van der Waals surface area contributed by atoms with Gasteiger partial charge >= 0.3 is 5.97 Å². The molecule has 20 heavy (non-hydrogen) atoms. The van der Waals surface area contributed by atoms with Crippen molar-refractivity contribution in [2.75, 3.05) is 0 Å². The third-order valence-electron chi connectivity index (χ3n) is 2.87. The summed E-state index contributed by atoms with van der Waals surface area (Å²) < 4.78 is 5.73. The van der Waals surface area contributed by atoms with Crippen LogP contribution in [0.1, 0.15) is 15.9 Å². The van der Waals surface area contributed by atoms with E-state index >= 15 is 0 Å². The Bertz CT molecular complexity index is 798. The Kier molecular flexibility index (Phi) is 3.08. The molecular formula is C14H10N2O3S. The number of aryl methyl sites for hydroxylation is 1. The minimum atomic E-state index is -0.948. The number of carboxylic acids is 1. The van der Waals surface area contributed by atoms with Crippen molar-refractivity contribution in [1.82, 2.24) is 9.97 Å². The largest absolute Gasteiger partial charge is 0.478 e. The molecule has 5 nitrogen and oxygen atoms in total. The van der Waals surface area contributed by atoms with Gasteiger partial charge in [-0.05, 0) is 42.1 Å². The lowest BCUT2D eigenvalue weighted by Crippen LogP contribution is -1.99. The van der Waals surface area contributed by atoms with Crippen LogP contribution in [0.15, 0.2) is 36.0 Å². The van der Waals surface area contributed by atoms with E-state index in [1.165, 1.54) is 23.7 Å². The number of carbonyl (C=O) groups is 1. The smallest absolute Gasteiger partial charge is 0.335 e. The van der Waals surface area contributed by atoms with E-state index in [1.54, 1.807) is 19.1 Å². The number of thiophene rings is 1. The van der Waals surface area contributed by atoms with E-state index in [4.69, 9.17) is 9.84 Å². The number of aromatic nitrogens is 2. The van der Waals surface area contributed by atoms with Crippen LogP contribution in [0.25, 0.3) is 10.2 Å². The van der Waals surface area contributed by atoms with Crippen LogP contribution in [0.2, 0.25) is 0 Å². The number of hydrogen-bond donors (Lipinski definition) is 1. The van der Waals surface area contributed by atoms with Crippen LogP contribution in [0.3, 0.4) is 0 Å². The average molecular weight is 286 g/mol. The summed E-state index contributed by atoms with van der Waals surface area (Å²) in [6, 6.07) is 6.73. The van der Waals surface area contributed by atoms with Crippen LogP contribution in [-0.2, 0) is 0 Å². The van der Waals surface area contributed by atoms with Crippen molar-refractivity contribution in [1.29, 1.82) is 0 Å². The number of carboxylic acid groups (broad SMARTS) is 1. The van der Waals surface area contributed by atoms with E-state index in [1.807, 2.05) is 11.4 Å². The van der Waals surface area contributed by atoms with Gasteiger partial charge in [-0.25, -0.2) is 14.8 Å². The highest BCUT2D eigenvalue weighted by Gasteiger charge is 2.10. The van der Waals surface area contributed by atoms with Crippen LogP contribution < -0.4 is 4.74 Å². The van der Waals surface area contributed by atoms with Gasteiger partial charge in [-0.2, -0.15) is 0 Å². The van der Waals surface area contributed by atoms with Crippen LogP contribution in [0, 0.1) is 6.92 Å². The number of ether oxygens (including phenoxy) is 1. The molecule has 2 aromatic heterocycles. The summed E-state index contributed by atoms with van der Waals surface area (Å²) in [5, 5.41) is 11.8. The fourth-order valence-corrected chi connectivity index (χ4v) is 2.62. The number of aromatic carboxylic acids is 1. The van der Waals surface area contributed by atoms with Crippen molar-refractivity contribution in [2.24, 2.45) is 0 Å². The second kappa shape index (κ2) is 4.90. The summed E-state index contributed by atoms with van der Waals surface area (Å²) in [6.45, 7) is 1.73. The second-order valence-corrected chi connectivity index (χ2v) is 5.10. The topological polar surface area (TPSA) is 72.3 Å². The second-order valence-electron chi connectivity index (χ2n) is 4.20. The number of hydrogen-bond acceptors (Lipinski definition) is 5. The van der Waals surface area contributed by atoms with Gasteiger partial charge in [0.15, 0.2) is 0 Å². The summed E-state index contributed by atoms with van der Waals surface area (Å²) >= 11 is 1.51. The zero-order valence-electron chi connectivity index (χ0n) is 10.5. The minimum absolute atomic E-state index is 0.265. The maximum atomic E-state index is 11.0. The molecule has 0 bridgehead atoms. The lowest BCUT2D eigenvalue weighted by atomic mass is 10.1. The average Bonchev–Trinajstić information content (AvgIpc) is 2.87. The predicted molar refractivity (Wildman–Crippen MR) is 75.6 cm³/mol. The first-order chi connectivity index (χ1) is 9.65. The normalized spacial score (nSPS) is 10.7. The molecule has 0 aliphatic heterocycles. The van der Waals surface area contributed by atoms with E-state index < -0.39 is 5.97 Å². The van der Waals surface area contributed by atoms with Crippen LogP contribution in [-0.4, -0.2) is 21.0 Å². The molecule has 0 amide bonds. The Morgan fingerprint density at radius 1 is 1.30 bits per heavy atom. The van der Waals surface area contributed by atoms with Gasteiger partial charge in [0.05, 0.1) is 10.9 Å². The van der Waals surface area contributed by atoms with Gasteiger partial charge in [0, 0.05) is 0 Å². The van der Waals surface area contributed by atoms with Crippen molar-refractivity contribution in [3.8, 4) is 11.6 Å². The van der Waals surface area contributed by atoms with Crippen molar-refractivity contribution >= 4 is 27.5 Å². The third kappa shape index (κ3) is 2.21. The Labute approximate surface area is 118 Å². The predicted octanol–water partition coefficient (Wildman–Crippen LogP) is 3.49. The highest BCUT2D eigenvalue weighted by molar-refractivity contribution is 7.16. The molecule has 0 fully saturated rings. The molecule has 0 unspecified atom stereocenters. The molecule has 0 radical (unpaired) electrons. The van der Waals surface area contributed by atoms with Crippen molar-refractivity contribution < 1.29 is 14.6 Å². The summed E-state index contributed by atoms with van der Waals surface area (Å²) in [4.78, 5) is 20.1. The molecule has 3 rings (SSSR count). The SMILES string of the molecule is Cc1cc(Oc2ncnc3sccc23)ccc1C(=O)O. The molecular weight excluding hydrogens is 276 g/mol. The zero-order valence-corrected chi connectivity index (χ0v) is 11.3. The molecule has 0 atom stereocenters. The highest BCUT2D eigenvalue weighted by Crippen LogP contribution is 2.30. The van der Waals surface area contributed by atoms with Crippen LogP contribution in [0.4, 0.5) is 0 Å². The molecule has 100 valence electrons. The molecule has 6 heteroatoms. The number of fused-ring (bicyclic) bond motifs is 1. The van der Waals surface area contributed by atoms with E-state index in [-0.39, 0.29) is 5.56 Å². The summed E-state index contributed by atoms with van der Waals surface area (Å²) in [5.41, 5.74) is 0.909. The van der Waals surface area contributed by atoms with Gasteiger partial charge in [-0.15, -0.1) is 11.3 Å². The standard InChI is InChI=1S/C14H10N2O3S/c1-8-6-9(2-3-10(8)14(17)18)19-12-11-4-5-20-13(11)16-7-15-12/h2-7H,1H3,(H,17,18). The van der Waals surface area contributed by atoms with Crippen LogP contribution >= 0.6 is 11.3 Å². The quantitative estimate of drug-likeness (QED) is 0.798. The third-order valence-corrected chi connectivity index (χ3v) is 3.69.